The van der Waals surface area contributed by atoms with Crippen molar-refractivity contribution in [1.29, 1.82) is 0 Å². The number of carbonyl (C=O) groups is 2. The van der Waals surface area contributed by atoms with Crippen LogP contribution < -0.4 is 0 Å². The van der Waals surface area contributed by atoms with Gasteiger partial charge >= 0.3 is 5.97 Å². The van der Waals surface area contributed by atoms with E-state index < -0.39 is 5.97 Å². The molecule has 2 aromatic rings. The van der Waals surface area contributed by atoms with Crippen LogP contribution in [0.15, 0.2) is 18.3 Å². The fraction of sp³-hybridized carbons (Fsp3) is 0.438. The van der Waals surface area contributed by atoms with Crippen LogP contribution in [-0.4, -0.2) is 45.9 Å². The van der Waals surface area contributed by atoms with Gasteiger partial charge in [-0.1, -0.05) is 0 Å². The molecular weight excluding hydrogens is 282 g/mol. The highest BCUT2D eigenvalue weighted by molar-refractivity contribution is 6.05. The summed E-state index contributed by atoms with van der Waals surface area (Å²) in [4.78, 5) is 33.7. The number of nitrogens with one attached hydrogen (secondary N) is 1. The Hall–Kier alpha value is -2.37. The van der Waals surface area contributed by atoms with Crippen molar-refractivity contribution in [2.75, 3.05) is 13.7 Å². The molecule has 1 amide bonds. The Morgan fingerprint density at radius 3 is 2.82 bits per heavy atom. The molecule has 116 valence electrons. The van der Waals surface area contributed by atoms with E-state index in [-0.39, 0.29) is 11.4 Å². The lowest BCUT2D eigenvalue weighted by atomic mass is 10.0. The lowest BCUT2D eigenvalue weighted by Crippen LogP contribution is -2.42. The van der Waals surface area contributed by atoms with Crippen LogP contribution in [0.1, 0.15) is 47.5 Å². The van der Waals surface area contributed by atoms with E-state index in [9.17, 15) is 9.59 Å². The van der Waals surface area contributed by atoms with Gasteiger partial charge in [0.2, 0.25) is 0 Å². The van der Waals surface area contributed by atoms with Crippen molar-refractivity contribution in [2.45, 2.75) is 32.2 Å². The number of hydrogen-bond acceptors (Lipinski definition) is 4. The molecule has 0 atom stereocenters. The van der Waals surface area contributed by atoms with Gasteiger partial charge in [-0.2, -0.15) is 0 Å². The number of carbonyl (C=O) groups excluding carboxylic acids is 2. The Morgan fingerprint density at radius 2 is 2.18 bits per heavy atom. The van der Waals surface area contributed by atoms with Crippen molar-refractivity contribution in [3.8, 4) is 0 Å². The van der Waals surface area contributed by atoms with E-state index in [1.54, 1.807) is 12.1 Å². The molecule has 0 spiro atoms. The molecule has 0 bridgehead atoms. The van der Waals surface area contributed by atoms with Gasteiger partial charge < -0.3 is 14.6 Å². The topological polar surface area (TPSA) is 75.3 Å². The van der Waals surface area contributed by atoms with E-state index in [0.29, 0.717) is 22.3 Å². The highest BCUT2D eigenvalue weighted by Crippen LogP contribution is 2.30. The van der Waals surface area contributed by atoms with Crippen molar-refractivity contribution in [3.05, 3.63) is 29.6 Å². The number of ether oxygens (including phenoxy) is 1. The molecule has 3 rings (SSSR count). The normalized spacial score (nSPS) is 17.0. The number of amides is 1. The Kier molecular flexibility index (Phi) is 3.39. The molecular formula is C16H19N3O3. The summed E-state index contributed by atoms with van der Waals surface area (Å²) in [5, 5.41) is 0. The Labute approximate surface area is 128 Å². The Bertz CT molecular complexity index is 748. The molecule has 1 aliphatic heterocycles. The van der Waals surface area contributed by atoms with Gasteiger partial charge in [0.25, 0.3) is 5.91 Å². The van der Waals surface area contributed by atoms with Gasteiger partial charge in [-0.15, -0.1) is 0 Å². The van der Waals surface area contributed by atoms with Crippen LogP contribution in [0.25, 0.3) is 11.0 Å². The van der Waals surface area contributed by atoms with Gasteiger partial charge in [0, 0.05) is 18.3 Å². The van der Waals surface area contributed by atoms with E-state index in [1.165, 1.54) is 13.3 Å². The van der Waals surface area contributed by atoms with Gasteiger partial charge in [-0.05, 0) is 38.8 Å². The molecule has 22 heavy (non-hydrogen) atoms. The van der Waals surface area contributed by atoms with E-state index >= 15 is 0 Å². The number of nitrogens with zero attached hydrogens (tertiary/aromatic N) is 2. The minimum atomic E-state index is -0.449. The summed E-state index contributed by atoms with van der Waals surface area (Å²) in [6, 6.07) is 3.28. The lowest BCUT2D eigenvalue weighted by molar-refractivity contribution is 0.0600. The van der Waals surface area contributed by atoms with E-state index in [2.05, 4.69) is 23.8 Å². The fourth-order valence-corrected chi connectivity index (χ4v) is 3.05. The SMILES string of the molecule is COC(=O)c1ccnc2cc(C(=O)N3CCCC3(C)C)[nH]c12. The molecule has 0 unspecified atom stereocenters. The first-order valence-electron chi connectivity index (χ1n) is 7.32. The third-order valence-electron chi connectivity index (χ3n) is 4.30. The Morgan fingerprint density at radius 1 is 1.41 bits per heavy atom. The third-order valence-corrected chi connectivity index (χ3v) is 4.30. The zero-order valence-electron chi connectivity index (χ0n) is 13.0. The number of pyridine rings is 1. The maximum Gasteiger partial charge on any atom is 0.340 e. The average molecular weight is 301 g/mol. The van der Waals surface area contributed by atoms with Crippen LogP contribution in [-0.2, 0) is 4.74 Å². The summed E-state index contributed by atoms with van der Waals surface area (Å²) < 4.78 is 4.76. The highest BCUT2D eigenvalue weighted by Gasteiger charge is 2.36. The second-order valence-corrected chi connectivity index (χ2v) is 6.17. The first kappa shape index (κ1) is 14.6. The number of aromatic amines is 1. The minimum absolute atomic E-state index is 0.0590. The number of fused-ring (bicyclic) bond motifs is 1. The molecule has 0 radical (unpaired) electrons. The van der Waals surface area contributed by atoms with Gasteiger partial charge in [0.15, 0.2) is 0 Å². The number of hydrogen-bond donors (Lipinski definition) is 1. The molecule has 6 heteroatoms. The molecule has 1 N–H and O–H groups in total. The standard InChI is InChI=1S/C16H19N3O3/c1-16(2)6-4-8-19(16)14(20)12-9-11-13(18-12)10(5-7-17-11)15(21)22-3/h5,7,9,18H,4,6,8H2,1-3H3. The van der Waals surface area contributed by atoms with Gasteiger partial charge in [-0.25, -0.2) is 4.79 Å². The van der Waals surface area contributed by atoms with Crippen molar-refractivity contribution < 1.29 is 14.3 Å². The van der Waals surface area contributed by atoms with Crippen LogP contribution in [0.5, 0.6) is 0 Å². The monoisotopic (exact) mass is 301 g/mol. The smallest absolute Gasteiger partial charge is 0.340 e. The second kappa shape index (κ2) is 5.12. The number of rotatable bonds is 2. The molecule has 2 aromatic heterocycles. The molecule has 0 saturated carbocycles. The summed E-state index contributed by atoms with van der Waals surface area (Å²) in [6.07, 6.45) is 3.53. The lowest BCUT2D eigenvalue weighted by Gasteiger charge is -2.31. The quantitative estimate of drug-likeness (QED) is 0.864. The summed E-state index contributed by atoms with van der Waals surface area (Å²) in [7, 11) is 1.33. The third kappa shape index (κ3) is 2.24. The van der Waals surface area contributed by atoms with Crippen LogP contribution in [0, 0.1) is 0 Å². The predicted molar refractivity (Wildman–Crippen MR) is 81.8 cm³/mol. The summed E-state index contributed by atoms with van der Waals surface area (Å²) in [6.45, 7) is 4.88. The molecule has 0 aliphatic carbocycles. The van der Waals surface area contributed by atoms with Crippen molar-refractivity contribution in [1.82, 2.24) is 14.9 Å². The molecule has 1 aliphatic rings. The maximum absolute atomic E-state index is 12.7. The van der Waals surface area contributed by atoms with Crippen LogP contribution >= 0.6 is 0 Å². The number of aromatic nitrogens is 2. The molecule has 1 fully saturated rings. The number of H-pyrrole nitrogens is 1. The summed E-state index contributed by atoms with van der Waals surface area (Å²) >= 11 is 0. The Balaban J connectivity index is 2.02. The van der Waals surface area contributed by atoms with Gasteiger partial charge in [-0.3, -0.25) is 9.78 Å². The fourth-order valence-electron chi connectivity index (χ4n) is 3.05. The van der Waals surface area contributed by atoms with Crippen molar-refractivity contribution in [2.24, 2.45) is 0 Å². The van der Waals surface area contributed by atoms with Crippen molar-refractivity contribution in [3.63, 3.8) is 0 Å². The second-order valence-electron chi connectivity index (χ2n) is 6.17. The summed E-state index contributed by atoms with van der Waals surface area (Å²) in [5.41, 5.74) is 1.81. The minimum Gasteiger partial charge on any atom is -0.465 e. The first-order valence-corrected chi connectivity index (χ1v) is 7.32. The van der Waals surface area contributed by atoms with Crippen LogP contribution in [0.2, 0.25) is 0 Å². The van der Waals surface area contributed by atoms with E-state index in [0.717, 1.165) is 19.4 Å². The highest BCUT2D eigenvalue weighted by atomic mass is 16.5. The van der Waals surface area contributed by atoms with Gasteiger partial charge in [0.1, 0.15) is 5.69 Å². The van der Waals surface area contributed by atoms with E-state index in [4.69, 9.17) is 4.74 Å². The van der Waals surface area contributed by atoms with E-state index in [1.807, 2.05) is 4.90 Å². The predicted octanol–water partition coefficient (Wildman–Crippen LogP) is 2.36. The van der Waals surface area contributed by atoms with Gasteiger partial charge in [0.05, 0.1) is 23.7 Å². The van der Waals surface area contributed by atoms with Crippen LogP contribution in [0.3, 0.4) is 0 Å². The largest absolute Gasteiger partial charge is 0.465 e. The zero-order valence-corrected chi connectivity index (χ0v) is 13.0. The molecule has 0 aromatic carbocycles. The zero-order chi connectivity index (χ0) is 15.9. The maximum atomic E-state index is 12.7. The van der Waals surface area contributed by atoms with Crippen molar-refractivity contribution >= 4 is 22.9 Å². The van der Waals surface area contributed by atoms with Crippen LogP contribution in [0.4, 0.5) is 0 Å². The molecule has 1 saturated heterocycles. The molecule has 6 nitrogen and oxygen atoms in total. The number of likely N-dealkylation sites (tertiary alicyclic amines) is 1. The average Bonchev–Trinajstić information content (AvgIpc) is 3.08. The molecule has 3 heterocycles. The number of methoxy groups -OCH3 is 1. The summed E-state index contributed by atoms with van der Waals surface area (Å²) in [5.74, 6) is -0.508. The first-order chi connectivity index (χ1) is 10.4. The number of esters is 1.